The van der Waals surface area contributed by atoms with Crippen molar-refractivity contribution in [1.82, 2.24) is 9.88 Å². The summed E-state index contributed by atoms with van der Waals surface area (Å²) in [4.78, 5) is 29.9. The molecule has 0 bridgehead atoms. The molecule has 3 rings (SSSR count). The minimum Gasteiger partial charge on any atom is -0.461 e. The molecule has 22 heavy (non-hydrogen) atoms. The Kier molecular flexibility index (Phi) is 4.62. The van der Waals surface area contributed by atoms with E-state index in [1.807, 2.05) is 4.90 Å². The van der Waals surface area contributed by atoms with Crippen LogP contribution in [-0.4, -0.2) is 34.8 Å². The summed E-state index contributed by atoms with van der Waals surface area (Å²) >= 11 is 5.71. The minimum absolute atomic E-state index is 0.108. The standard InChI is InChI=1S/C16H19ClN2O3/c17-14-4-1-11(9-18-14)10-22-16(21)13-5-7-19(8-6-13)15(20)12-2-3-12/h1,4,9,12-13H,2-3,5-8,10H2. The lowest BCUT2D eigenvalue weighted by molar-refractivity contribution is -0.153. The number of halogens is 1. The molecule has 1 aromatic heterocycles. The van der Waals surface area contributed by atoms with Gasteiger partial charge in [-0.2, -0.15) is 0 Å². The van der Waals surface area contributed by atoms with Crippen molar-refractivity contribution in [3.8, 4) is 0 Å². The first kappa shape index (κ1) is 15.3. The van der Waals surface area contributed by atoms with E-state index in [2.05, 4.69) is 4.98 Å². The Hall–Kier alpha value is -1.62. The zero-order valence-electron chi connectivity index (χ0n) is 12.3. The number of amides is 1. The number of hydrogen-bond acceptors (Lipinski definition) is 4. The van der Waals surface area contributed by atoms with Crippen LogP contribution in [-0.2, 0) is 20.9 Å². The Morgan fingerprint density at radius 3 is 2.50 bits per heavy atom. The second-order valence-electron chi connectivity index (χ2n) is 5.97. The van der Waals surface area contributed by atoms with Gasteiger partial charge < -0.3 is 9.64 Å². The highest BCUT2D eigenvalue weighted by Crippen LogP contribution is 2.32. The lowest BCUT2D eigenvalue weighted by Crippen LogP contribution is -2.41. The first-order valence-electron chi connectivity index (χ1n) is 7.69. The fourth-order valence-electron chi connectivity index (χ4n) is 2.69. The number of rotatable bonds is 4. The normalized spacial score (nSPS) is 19.0. The van der Waals surface area contributed by atoms with Gasteiger partial charge in [-0.05, 0) is 31.7 Å². The second-order valence-corrected chi connectivity index (χ2v) is 6.36. The summed E-state index contributed by atoms with van der Waals surface area (Å²) in [6.07, 6.45) is 5.03. The number of esters is 1. The van der Waals surface area contributed by atoms with Crippen molar-refractivity contribution in [1.29, 1.82) is 0 Å². The van der Waals surface area contributed by atoms with Crippen molar-refractivity contribution in [2.75, 3.05) is 13.1 Å². The zero-order valence-corrected chi connectivity index (χ0v) is 13.1. The maximum atomic E-state index is 12.1. The number of carbonyl (C=O) groups is 2. The van der Waals surface area contributed by atoms with E-state index in [9.17, 15) is 9.59 Å². The lowest BCUT2D eigenvalue weighted by atomic mass is 9.96. The molecule has 1 saturated carbocycles. The third kappa shape index (κ3) is 3.77. The number of pyridine rings is 1. The van der Waals surface area contributed by atoms with E-state index in [-0.39, 0.29) is 30.3 Å². The van der Waals surface area contributed by atoms with E-state index < -0.39 is 0 Å². The van der Waals surface area contributed by atoms with Crippen molar-refractivity contribution >= 4 is 23.5 Å². The highest BCUT2D eigenvalue weighted by Gasteiger charge is 2.36. The Balaban J connectivity index is 1.43. The van der Waals surface area contributed by atoms with Crippen molar-refractivity contribution in [3.63, 3.8) is 0 Å². The Bertz CT molecular complexity index is 549. The number of aromatic nitrogens is 1. The predicted octanol–water partition coefficient (Wildman–Crippen LogP) is 2.43. The first-order valence-corrected chi connectivity index (χ1v) is 8.07. The average Bonchev–Trinajstić information content (AvgIpc) is 3.38. The van der Waals surface area contributed by atoms with Gasteiger partial charge in [-0.15, -0.1) is 0 Å². The number of piperidine rings is 1. The summed E-state index contributed by atoms with van der Waals surface area (Å²) in [6.45, 7) is 1.54. The largest absolute Gasteiger partial charge is 0.461 e. The lowest BCUT2D eigenvalue weighted by Gasteiger charge is -2.31. The van der Waals surface area contributed by atoms with E-state index >= 15 is 0 Å². The van der Waals surface area contributed by atoms with Crippen LogP contribution in [0.15, 0.2) is 18.3 Å². The van der Waals surface area contributed by atoms with Gasteiger partial charge in [0.05, 0.1) is 5.92 Å². The molecule has 2 fully saturated rings. The van der Waals surface area contributed by atoms with Crippen molar-refractivity contribution in [2.24, 2.45) is 11.8 Å². The Morgan fingerprint density at radius 1 is 1.18 bits per heavy atom. The van der Waals surface area contributed by atoms with Crippen LogP contribution in [0.25, 0.3) is 0 Å². The van der Waals surface area contributed by atoms with Crippen LogP contribution < -0.4 is 0 Å². The molecule has 1 amide bonds. The maximum Gasteiger partial charge on any atom is 0.309 e. The molecule has 0 N–H and O–H groups in total. The van der Waals surface area contributed by atoms with Crippen molar-refractivity contribution < 1.29 is 14.3 Å². The molecule has 0 spiro atoms. The fraction of sp³-hybridized carbons (Fsp3) is 0.562. The van der Waals surface area contributed by atoms with Gasteiger partial charge in [0.15, 0.2) is 0 Å². The van der Waals surface area contributed by atoms with Crippen LogP contribution in [0.2, 0.25) is 5.15 Å². The van der Waals surface area contributed by atoms with E-state index in [0.29, 0.717) is 31.1 Å². The highest BCUT2D eigenvalue weighted by molar-refractivity contribution is 6.29. The molecule has 5 nitrogen and oxygen atoms in total. The van der Waals surface area contributed by atoms with Crippen LogP contribution in [0.3, 0.4) is 0 Å². The van der Waals surface area contributed by atoms with Gasteiger partial charge in [0.2, 0.25) is 5.91 Å². The van der Waals surface area contributed by atoms with Gasteiger partial charge in [-0.1, -0.05) is 17.7 Å². The SMILES string of the molecule is O=C(OCc1ccc(Cl)nc1)C1CCN(C(=O)C2CC2)CC1. The van der Waals surface area contributed by atoms with Crippen molar-refractivity contribution in [3.05, 3.63) is 29.0 Å². The summed E-state index contributed by atoms with van der Waals surface area (Å²) in [5.41, 5.74) is 0.819. The van der Waals surface area contributed by atoms with Gasteiger partial charge in [-0.3, -0.25) is 9.59 Å². The summed E-state index contributed by atoms with van der Waals surface area (Å²) in [7, 11) is 0. The molecule has 2 aliphatic rings. The molecule has 118 valence electrons. The summed E-state index contributed by atoms with van der Waals surface area (Å²) in [5, 5.41) is 0.419. The predicted molar refractivity (Wildman–Crippen MR) is 81.1 cm³/mol. The molecule has 1 aliphatic carbocycles. The van der Waals surface area contributed by atoms with Crippen LogP contribution in [0, 0.1) is 11.8 Å². The molecular formula is C16H19ClN2O3. The van der Waals surface area contributed by atoms with Gasteiger partial charge in [-0.25, -0.2) is 4.98 Å². The minimum atomic E-state index is -0.187. The topological polar surface area (TPSA) is 59.5 Å². The Morgan fingerprint density at radius 2 is 1.91 bits per heavy atom. The molecular weight excluding hydrogens is 304 g/mol. The number of hydrogen-bond donors (Lipinski definition) is 0. The van der Waals surface area contributed by atoms with Gasteiger partial charge in [0.1, 0.15) is 11.8 Å². The maximum absolute atomic E-state index is 12.1. The molecule has 2 heterocycles. The average molecular weight is 323 g/mol. The smallest absolute Gasteiger partial charge is 0.309 e. The Labute approximate surface area is 134 Å². The van der Waals surface area contributed by atoms with Crippen LogP contribution in [0.5, 0.6) is 0 Å². The van der Waals surface area contributed by atoms with E-state index in [0.717, 1.165) is 18.4 Å². The van der Waals surface area contributed by atoms with Gasteiger partial charge in [0, 0.05) is 30.8 Å². The zero-order chi connectivity index (χ0) is 15.5. The summed E-state index contributed by atoms with van der Waals surface area (Å²) in [5.74, 6) is 0.219. The van der Waals surface area contributed by atoms with E-state index in [1.54, 1.807) is 18.3 Å². The van der Waals surface area contributed by atoms with E-state index in [4.69, 9.17) is 16.3 Å². The van der Waals surface area contributed by atoms with Crippen LogP contribution in [0.1, 0.15) is 31.2 Å². The molecule has 1 aliphatic heterocycles. The van der Waals surface area contributed by atoms with Crippen LogP contribution >= 0.6 is 11.6 Å². The molecule has 0 radical (unpaired) electrons. The third-order valence-electron chi connectivity index (χ3n) is 4.24. The molecule has 1 saturated heterocycles. The number of ether oxygens (including phenoxy) is 1. The summed E-state index contributed by atoms with van der Waals surface area (Å²) < 4.78 is 5.34. The van der Waals surface area contributed by atoms with Crippen LogP contribution in [0.4, 0.5) is 0 Å². The first-order chi connectivity index (χ1) is 10.6. The monoisotopic (exact) mass is 322 g/mol. The summed E-state index contributed by atoms with van der Waals surface area (Å²) in [6, 6.07) is 3.46. The highest BCUT2D eigenvalue weighted by atomic mass is 35.5. The molecule has 0 atom stereocenters. The molecule has 6 heteroatoms. The van der Waals surface area contributed by atoms with Gasteiger partial charge in [0.25, 0.3) is 0 Å². The third-order valence-corrected chi connectivity index (χ3v) is 4.46. The number of carbonyl (C=O) groups excluding carboxylic acids is 2. The number of nitrogens with zero attached hydrogens (tertiary/aromatic N) is 2. The fourth-order valence-corrected chi connectivity index (χ4v) is 2.80. The van der Waals surface area contributed by atoms with Crippen molar-refractivity contribution in [2.45, 2.75) is 32.3 Å². The second kappa shape index (κ2) is 6.65. The quantitative estimate of drug-likeness (QED) is 0.631. The van der Waals surface area contributed by atoms with E-state index in [1.165, 1.54) is 0 Å². The van der Waals surface area contributed by atoms with Gasteiger partial charge >= 0.3 is 5.97 Å². The molecule has 0 aromatic carbocycles. The molecule has 0 unspecified atom stereocenters. The molecule has 1 aromatic rings. The number of likely N-dealkylation sites (tertiary alicyclic amines) is 1.